The molecule has 0 aromatic rings. The summed E-state index contributed by atoms with van der Waals surface area (Å²) in [5, 5.41) is 8.66. The SMILES string of the molecule is CCCC(O)CCCCCC(C)S(=O)(=O)[O-].[Na+]. The van der Waals surface area contributed by atoms with Gasteiger partial charge in [0.05, 0.1) is 16.2 Å². The molecular weight excluding hydrogens is 251 g/mol. The largest absolute Gasteiger partial charge is 1.00 e. The molecule has 2 atom stereocenters. The summed E-state index contributed by atoms with van der Waals surface area (Å²) < 4.78 is 31.8. The van der Waals surface area contributed by atoms with E-state index in [0.717, 1.165) is 38.5 Å². The van der Waals surface area contributed by atoms with Crippen molar-refractivity contribution in [2.75, 3.05) is 0 Å². The molecule has 0 rings (SSSR count). The first-order valence-electron chi connectivity index (χ1n) is 6.00. The van der Waals surface area contributed by atoms with Crippen LogP contribution < -0.4 is 29.6 Å². The van der Waals surface area contributed by atoms with Crippen molar-refractivity contribution in [3.63, 3.8) is 0 Å². The van der Waals surface area contributed by atoms with E-state index in [0.29, 0.717) is 6.42 Å². The van der Waals surface area contributed by atoms with Crippen molar-refractivity contribution in [1.82, 2.24) is 0 Å². The second-order valence-corrected chi connectivity index (χ2v) is 6.17. The molecule has 0 aliphatic carbocycles. The van der Waals surface area contributed by atoms with Crippen molar-refractivity contribution in [2.24, 2.45) is 0 Å². The molecule has 2 unspecified atom stereocenters. The topological polar surface area (TPSA) is 77.4 Å². The molecule has 17 heavy (non-hydrogen) atoms. The van der Waals surface area contributed by atoms with Crippen LogP contribution in [0.25, 0.3) is 0 Å². The maximum absolute atomic E-state index is 10.6. The van der Waals surface area contributed by atoms with Gasteiger partial charge in [-0.3, -0.25) is 0 Å². The van der Waals surface area contributed by atoms with Gasteiger partial charge in [-0.15, -0.1) is 0 Å². The van der Waals surface area contributed by atoms with Crippen molar-refractivity contribution in [3.8, 4) is 0 Å². The fourth-order valence-corrected chi connectivity index (χ4v) is 2.07. The maximum atomic E-state index is 10.6. The summed E-state index contributed by atoms with van der Waals surface area (Å²) >= 11 is 0. The fourth-order valence-electron chi connectivity index (χ4n) is 1.61. The summed E-state index contributed by atoms with van der Waals surface area (Å²) in [5.41, 5.74) is 0. The summed E-state index contributed by atoms with van der Waals surface area (Å²) in [5.74, 6) is 0. The van der Waals surface area contributed by atoms with Crippen LogP contribution in [-0.4, -0.2) is 29.4 Å². The molecule has 0 saturated carbocycles. The van der Waals surface area contributed by atoms with Gasteiger partial charge in [0.2, 0.25) is 0 Å². The van der Waals surface area contributed by atoms with Crippen LogP contribution in [0.15, 0.2) is 0 Å². The number of aliphatic hydroxyl groups is 1. The van der Waals surface area contributed by atoms with E-state index >= 15 is 0 Å². The number of aliphatic hydroxyl groups excluding tert-OH is 1. The zero-order valence-electron chi connectivity index (χ0n) is 11.2. The second kappa shape index (κ2) is 10.8. The zero-order valence-corrected chi connectivity index (χ0v) is 14.0. The molecule has 0 saturated heterocycles. The van der Waals surface area contributed by atoms with E-state index in [1.54, 1.807) is 0 Å². The van der Waals surface area contributed by atoms with Crippen LogP contribution in [0.2, 0.25) is 0 Å². The summed E-state index contributed by atoms with van der Waals surface area (Å²) in [6, 6.07) is 0. The van der Waals surface area contributed by atoms with Gasteiger partial charge in [0, 0.05) is 5.25 Å². The smallest absolute Gasteiger partial charge is 0.748 e. The summed E-state index contributed by atoms with van der Waals surface area (Å²) in [7, 11) is -4.11. The molecule has 0 aliphatic rings. The summed E-state index contributed by atoms with van der Waals surface area (Å²) in [6.45, 7) is 3.48. The van der Waals surface area contributed by atoms with E-state index < -0.39 is 15.4 Å². The summed E-state index contributed by atoms with van der Waals surface area (Å²) in [6.07, 6.45) is 5.28. The molecule has 0 spiro atoms. The Bertz CT molecular complexity index is 267. The average Bonchev–Trinajstić information content (AvgIpc) is 2.16. The van der Waals surface area contributed by atoms with E-state index in [4.69, 9.17) is 0 Å². The Kier molecular flexibility index (Phi) is 12.8. The van der Waals surface area contributed by atoms with Gasteiger partial charge in [-0.2, -0.15) is 0 Å². The van der Waals surface area contributed by atoms with Gasteiger partial charge < -0.3 is 9.66 Å². The van der Waals surface area contributed by atoms with Crippen molar-refractivity contribution in [2.45, 2.75) is 70.1 Å². The molecule has 4 nitrogen and oxygen atoms in total. The Labute approximate surface area is 127 Å². The molecule has 0 bridgehead atoms. The molecular formula is C11H23NaO4S. The van der Waals surface area contributed by atoms with E-state index in [9.17, 15) is 18.1 Å². The molecule has 98 valence electrons. The number of hydrogen-bond donors (Lipinski definition) is 1. The predicted molar refractivity (Wildman–Crippen MR) is 63.2 cm³/mol. The first-order valence-corrected chi connectivity index (χ1v) is 7.47. The van der Waals surface area contributed by atoms with Crippen molar-refractivity contribution < 1.29 is 47.6 Å². The Morgan fingerprint density at radius 3 is 2.12 bits per heavy atom. The number of hydrogen-bond acceptors (Lipinski definition) is 4. The summed E-state index contributed by atoms with van der Waals surface area (Å²) in [4.78, 5) is 0. The van der Waals surface area contributed by atoms with Gasteiger partial charge in [0.15, 0.2) is 0 Å². The molecule has 0 fully saturated rings. The first-order chi connectivity index (χ1) is 7.38. The van der Waals surface area contributed by atoms with Crippen LogP contribution in [0.1, 0.15) is 58.8 Å². The van der Waals surface area contributed by atoms with Crippen LogP contribution >= 0.6 is 0 Å². The molecule has 0 amide bonds. The Morgan fingerprint density at radius 1 is 1.12 bits per heavy atom. The van der Waals surface area contributed by atoms with Crippen molar-refractivity contribution in [1.29, 1.82) is 0 Å². The third kappa shape index (κ3) is 11.7. The Balaban J connectivity index is 0. The van der Waals surface area contributed by atoms with E-state index in [1.807, 2.05) is 6.92 Å². The second-order valence-electron chi connectivity index (χ2n) is 4.38. The third-order valence-electron chi connectivity index (χ3n) is 2.76. The molecule has 0 radical (unpaired) electrons. The molecule has 1 N–H and O–H groups in total. The van der Waals surface area contributed by atoms with Crippen LogP contribution in [0.5, 0.6) is 0 Å². The number of rotatable bonds is 9. The van der Waals surface area contributed by atoms with E-state index in [-0.39, 0.29) is 35.7 Å². The van der Waals surface area contributed by atoms with Gasteiger partial charge in [-0.25, -0.2) is 8.42 Å². The van der Waals surface area contributed by atoms with Crippen LogP contribution in [0.3, 0.4) is 0 Å². The fraction of sp³-hybridized carbons (Fsp3) is 1.00. The first kappa shape index (κ1) is 20.2. The Morgan fingerprint density at radius 2 is 1.65 bits per heavy atom. The number of unbranched alkanes of at least 4 members (excludes halogenated alkanes) is 2. The molecule has 6 heteroatoms. The molecule has 0 aromatic carbocycles. The standard InChI is InChI=1S/C11H24O4S.Na/c1-3-7-11(12)9-6-4-5-8-10(2)16(13,14)15;/h10-12H,3-9H2,1-2H3,(H,13,14,15);/q;+1/p-1. The predicted octanol–water partition coefficient (Wildman–Crippen LogP) is -0.964. The quantitative estimate of drug-likeness (QED) is 0.333. The van der Waals surface area contributed by atoms with Crippen LogP contribution in [-0.2, 0) is 10.1 Å². The maximum Gasteiger partial charge on any atom is 1.00 e. The van der Waals surface area contributed by atoms with Gasteiger partial charge in [0.25, 0.3) is 0 Å². The molecule has 0 aromatic heterocycles. The van der Waals surface area contributed by atoms with Gasteiger partial charge in [-0.05, 0) is 26.2 Å². The van der Waals surface area contributed by atoms with Gasteiger partial charge in [0.1, 0.15) is 0 Å². The normalized spacial score (nSPS) is 15.1. The van der Waals surface area contributed by atoms with E-state index in [1.165, 1.54) is 6.92 Å². The molecule has 0 heterocycles. The monoisotopic (exact) mass is 274 g/mol. The van der Waals surface area contributed by atoms with Crippen LogP contribution in [0.4, 0.5) is 0 Å². The third-order valence-corrected chi connectivity index (χ3v) is 3.98. The van der Waals surface area contributed by atoms with Gasteiger partial charge >= 0.3 is 29.6 Å². The van der Waals surface area contributed by atoms with Crippen molar-refractivity contribution >= 4 is 10.1 Å². The molecule has 0 aliphatic heterocycles. The van der Waals surface area contributed by atoms with Crippen molar-refractivity contribution in [3.05, 3.63) is 0 Å². The Hall–Kier alpha value is 0.870. The van der Waals surface area contributed by atoms with Crippen LogP contribution in [0, 0.1) is 0 Å². The average molecular weight is 274 g/mol. The van der Waals surface area contributed by atoms with Gasteiger partial charge in [-0.1, -0.05) is 32.6 Å². The van der Waals surface area contributed by atoms with E-state index in [2.05, 4.69) is 0 Å². The minimum absolute atomic E-state index is 0. The minimum atomic E-state index is -4.11. The zero-order chi connectivity index (χ0) is 12.6. The minimum Gasteiger partial charge on any atom is -0.748 e.